The van der Waals surface area contributed by atoms with Crippen molar-refractivity contribution in [3.8, 4) is 17.3 Å². The number of hydrogen-bond acceptors (Lipinski definition) is 4. The van der Waals surface area contributed by atoms with E-state index in [1.807, 2.05) is 29.6 Å². The number of nitriles is 1. The first kappa shape index (κ1) is 18.6. The van der Waals surface area contributed by atoms with Gasteiger partial charge in [0.25, 0.3) is 5.91 Å². The van der Waals surface area contributed by atoms with Gasteiger partial charge in [-0.05, 0) is 35.7 Å². The van der Waals surface area contributed by atoms with Gasteiger partial charge in [0.05, 0.1) is 17.3 Å². The fraction of sp³-hybridized carbons (Fsp3) is 0.0417. The van der Waals surface area contributed by atoms with Crippen LogP contribution in [0.3, 0.4) is 0 Å². The normalized spacial score (nSPS) is 10.3. The highest BCUT2D eigenvalue weighted by molar-refractivity contribution is 7.14. The summed E-state index contributed by atoms with van der Waals surface area (Å²) in [5.74, 6) is -0.277. The molecule has 4 rings (SSSR count). The Morgan fingerprint density at radius 3 is 2.48 bits per heavy atom. The zero-order chi connectivity index (χ0) is 20.1. The van der Waals surface area contributed by atoms with Crippen molar-refractivity contribution in [2.45, 2.75) is 6.42 Å². The summed E-state index contributed by atoms with van der Waals surface area (Å²) >= 11 is 1.38. The Labute approximate surface area is 173 Å². The summed E-state index contributed by atoms with van der Waals surface area (Å²) in [6.07, 6.45) is 0.890. The minimum atomic E-state index is -0.277. The van der Waals surface area contributed by atoms with Crippen molar-refractivity contribution < 1.29 is 4.79 Å². The van der Waals surface area contributed by atoms with Crippen LogP contribution in [0.4, 0.5) is 5.13 Å². The lowest BCUT2D eigenvalue weighted by Gasteiger charge is -2.04. The molecule has 0 saturated heterocycles. The number of carbonyl (C=O) groups is 1. The average molecular weight is 395 g/mol. The number of hydrogen-bond donors (Lipinski definition) is 1. The van der Waals surface area contributed by atoms with Crippen molar-refractivity contribution in [1.29, 1.82) is 5.26 Å². The lowest BCUT2D eigenvalue weighted by atomic mass is 10.0. The van der Waals surface area contributed by atoms with E-state index < -0.39 is 0 Å². The van der Waals surface area contributed by atoms with Crippen LogP contribution in [-0.2, 0) is 6.42 Å². The molecule has 0 aliphatic rings. The van der Waals surface area contributed by atoms with Crippen LogP contribution in [0.15, 0.2) is 84.2 Å². The van der Waals surface area contributed by atoms with Gasteiger partial charge in [0, 0.05) is 16.5 Å². The van der Waals surface area contributed by atoms with E-state index in [0.29, 0.717) is 16.3 Å². The maximum Gasteiger partial charge on any atom is 0.257 e. The number of amides is 1. The van der Waals surface area contributed by atoms with E-state index >= 15 is 0 Å². The summed E-state index contributed by atoms with van der Waals surface area (Å²) in [5.41, 5.74) is 5.23. The maximum atomic E-state index is 12.4. The molecule has 0 spiro atoms. The Morgan fingerprint density at radius 1 is 0.966 bits per heavy atom. The highest BCUT2D eigenvalue weighted by Crippen LogP contribution is 2.26. The van der Waals surface area contributed by atoms with Crippen molar-refractivity contribution in [2.75, 3.05) is 5.32 Å². The second-order valence-corrected chi connectivity index (χ2v) is 7.40. The maximum absolute atomic E-state index is 12.4. The van der Waals surface area contributed by atoms with Gasteiger partial charge in [0.1, 0.15) is 0 Å². The summed E-state index contributed by atoms with van der Waals surface area (Å²) in [5, 5.41) is 14.2. The van der Waals surface area contributed by atoms with Crippen LogP contribution in [0.1, 0.15) is 27.0 Å². The highest BCUT2D eigenvalue weighted by Gasteiger charge is 2.11. The zero-order valence-electron chi connectivity index (χ0n) is 15.5. The van der Waals surface area contributed by atoms with E-state index in [9.17, 15) is 4.79 Å². The number of anilines is 1. The van der Waals surface area contributed by atoms with E-state index in [-0.39, 0.29) is 5.91 Å². The molecule has 0 aliphatic carbocycles. The highest BCUT2D eigenvalue weighted by atomic mass is 32.1. The van der Waals surface area contributed by atoms with Gasteiger partial charge in [-0.3, -0.25) is 10.1 Å². The molecule has 0 radical (unpaired) electrons. The second kappa shape index (κ2) is 8.51. The lowest BCUT2D eigenvalue weighted by Crippen LogP contribution is -2.11. The number of benzene rings is 3. The number of nitrogens with one attached hydrogen (secondary N) is 1. The Kier molecular flexibility index (Phi) is 5.46. The Balaban J connectivity index is 1.44. The van der Waals surface area contributed by atoms with Gasteiger partial charge in [-0.25, -0.2) is 4.98 Å². The fourth-order valence-electron chi connectivity index (χ4n) is 2.99. The third-order valence-electron chi connectivity index (χ3n) is 4.48. The molecule has 5 heteroatoms. The molecule has 0 saturated carbocycles. The Hall–Kier alpha value is -3.75. The minimum absolute atomic E-state index is 0.277. The van der Waals surface area contributed by atoms with Crippen LogP contribution < -0.4 is 5.32 Å². The molecule has 0 bridgehead atoms. The number of aromatic nitrogens is 1. The average Bonchev–Trinajstić information content (AvgIpc) is 3.23. The van der Waals surface area contributed by atoms with Gasteiger partial charge in [-0.15, -0.1) is 11.3 Å². The minimum Gasteiger partial charge on any atom is -0.298 e. The van der Waals surface area contributed by atoms with Gasteiger partial charge in [0.15, 0.2) is 5.13 Å². The fourth-order valence-corrected chi connectivity index (χ4v) is 3.70. The van der Waals surface area contributed by atoms with Crippen LogP contribution in [0.25, 0.3) is 11.3 Å². The molecule has 140 valence electrons. The molecule has 29 heavy (non-hydrogen) atoms. The van der Waals surface area contributed by atoms with Crippen LogP contribution in [0, 0.1) is 11.3 Å². The lowest BCUT2D eigenvalue weighted by molar-refractivity contribution is 0.102. The monoisotopic (exact) mass is 395 g/mol. The van der Waals surface area contributed by atoms with Crippen LogP contribution in [-0.4, -0.2) is 10.9 Å². The first-order valence-corrected chi connectivity index (χ1v) is 9.99. The predicted octanol–water partition coefficient (Wildman–Crippen LogP) is 5.52. The van der Waals surface area contributed by atoms with Crippen molar-refractivity contribution in [3.63, 3.8) is 0 Å². The second-order valence-electron chi connectivity index (χ2n) is 6.54. The van der Waals surface area contributed by atoms with E-state index in [2.05, 4.69) is 46.7 Å². The van der Waals surface area contributed by atoms with Gasteiger partial charge in [-0.2, -0.15) is 5.26 Å². The van der Waals surface area contributed by atoms with Crippen molar-refractivity contribution in [2.24, 2.45) is 0 Å². The van der Waals surface area contributed by atoms with E-state index in [0.717, 1.165) is 17.7 Å². The van der Waals surface area contributed by atoms with Gasteiger partial charge in [-0.1, -0.05) is 60.7 Å². The molecule has 1 heterocycles. The third kappa shape index (κ3) is 4.57. The third-order valence-corrected chi connectivity index (χ3v) is 5.24. The van der Waals surface area contributed by atoms with Crippen LogP contribution in [0.5, 0.6) is 0 Å². The van der Waals surface area contributed by atoms with Crippen LogP contribution >= 0.6 is 11.3 Å². The molecule has 1 amide bonds. The molecule has 0 atom stereocenters. The molecule has 0 unspecified atom stereocenters. The number of carbonyl (C=O) groups excluding carboxylic acids is 1. The molecular weight excluding hydrogens is 378 g/mol. The Morgan fingerprint density at radius 2 is 1.72 bits per heavy atom. The first-order valence-electron chi connectivity index (χ1n) is 9.11. The summed E-state index contributed by atoms with van der Waals surface area (Å²) in [7, 11) is 0. The molecule has 1 aromatic heterocycles. The molecule has 0 fully saturated rings. The van der Waals surface area contributed by atoms with Crippen molar-refractivity contribution >= 4 is 22.4 Å². The molecular formula is C24H17N3OS. The van der Waals surface area contributed by atoms with Crippen molar-refractivity contribution in [1.82, 2.24) is 4.98 Å². The summed E-state index contributed by atoms with van der Waals surface area (Å²) < 4.78 is 0. The van der Waals surface area contributed by atoms with E-state index in [1.165, 1.54) is 22.5 Å². The number of nitrogens with zero attached hydrogens (tertiary/aromatic N) is 2. The van der Waals surface area contributed by atoms with Gasteiger partial charge < -0.3 is 0 Å². The number of thiazole rings is 1. The van der Waals surface area contributed by atoms with Crippen molar-refractivity contribution in [3.05, 3.63) is 106 Å². The topological polar surface area (TPSA) is 65.8 Å². The molecule has 4 aromatic rings. The smallest absolute Gasteiger partial charge is 0.257 e. The molecule has 0 aliphatic heterocycles. The van der Waals surface area contributed by atoms with Crippen LogP contribution in [0.2, 0.25) is 0 Å². The zero-order valence-corrected chi connectivity index (χ0v) is 16.3. The summed E-state index contributed by atoms with van der Waals surface area (Å²) in [4.78, 5) is 16.9. The number of rotatable bonds is 5. The summed E-state index contributed by atoms with van der Waals surface area (Å²) in [6.45, 7) is 0. The Bertz CT molecular complexity index is 1170. The van der Waals surface area contributed by atoms with E-state index in [4.69, 9.17) is 5.26 Å². The van der Waals surface area contributed by atoms with Gasteiger partial charge in [0.2, 0.25) is 0 Å². The standard InChI is InChI=1S/C24H17N3OS/c25-15-19-7-4-8-21(14-19)23(28)27-24-26-22(16-29-24)20-11-9-18(10-12-20)13-17-5-2-1-3-6-17/h1-12,14,16H,13H2,(H,26,27,28). The SMILES string of the molecule is N#Cc1cccc(C(=O)Nc2nc(-c3ccc(Cc4ccccc4)cc3)cs2)c1. The quantitative estimate of drug-likeness (QED) is 0.483. The van der Waals surface area contributed by atoms with E-state index in [1.54, 1.807) is 24.3 Å². The largest absolute Gasteiger partial charge is 0.298 e. The first-order chi connectivity index (χ1) is 14.2. The molecule has 4 nitrogen and oxygen atoms in total. The molecule has 1 N–H and O–H groups in total. The summed E-state index contributed by atoms with van der Waals surface area (Å²) in [6, 6.07) is 27.3. The van der Waals surface area contributed by atoms with Gasteiger partial charge >= 0.3 is 0 Å². The molecule has 3 aromatic carbocycles. The predicted molar refractivity (Wildman–Crippen MR) is 116 cm³/mol.